The van der Waals surface area contributed by atoms with Crippen LogP contribution in [-0.2, 0) is 16.4 Å². The Kier molecular flexibility index (Phi) is 4.62. The molecule has 20 heavy (non-hydrogen) atoms. The Morgan fingerprint density at radius 3 is 2.75 bits per heavy atom. The Hall–Kier alpha value is -1.18. The van der Waals surface area contributed by atoms with E-state index >= 15 is 0 Å². The quantitative estimate of drug-likeness (QED) is 0.889. The fourth-order valence-corrected chi connectivity index (χ4v) is 4.09. The van der Waals surface area contributed by atoms with Crippen molar-refractivity contribution in [1.29, 1.82) is 0 Å². The Labute approximate surface area is 125 Å². The minimum atomic E-state index is -3.72. The summed E-state index contributed by atoms with van der Waals surface area (Å²) in [5.41, 5.74) is 0. The van der Waals surface area contributed by atoms with E-state index in [0.29, 0.717) is 12.2 Å². The van der Waals surface area contributed by atoms with Crippen LogP contribution in [0, 0.1) is 5.82 Å². The zero-order valence-electron chi connectivity index (χ0n) is 10.6. The van der Waals surface area contributed by atoms with Crippen LogP contribution in [0.25, 0.3) is 0 Å². The van der Waals surface area contributed by atoms with E-state index in [1.165, 1.54) is 12.3 Å². The second-order valence-corrected chi connectivity index (χ2v) is 6.92. The highest BCUT2D eigenvalue weighted by atomic mass is 79.9. The van der Waals surface area contributed by atoms with Gasteiger partial charge in [-0.2, -0.15) is 0 Å². The van der Waals surface area contributed by atoms with Gasteiger partial charge in [0.2, 0.25) is 10.0 Å². The maximum Gasteiger partial charge on any atom is 0.241 e. The van der Waals surface area contributed by atoms with E-state index in [1.54, 1.807) is 19.1 Å². The summed E-state index contributed by atoms with van der Waals surface area (Å²) in [6.45, 7) is 1.73. The molecule has 0 spiro atoms. The number of rotatable bonds is 5. The summed E-state index contributed by atoms with van der Waals surface area (Å²) in [6.07, 6.45) is 1.97. The zero-order valence-corrected chi connectivity index (χ0v) is 13.0. The van der Waals surface area contributed by atoms with Gasteiger partial charge >= 0.3 is 0 Å². The van der Waals surface area contributed by atoms with Crippen molar-refractivity contribution in [3.63, 3.8) is 0 Å². The first-order chi connectivity index (χ1) is 9.38. The molecule has 1 N–H and O–H groups in total. The predicted molar refractivity (Wildman–Crippen MR) is 76.3 cm³/mol. The third kappa shape index (κ3) is 3.68. The average Bonchev–Trinajstić information content (AvgIpc) is 2.79. The van der Waals surface area contributed by atoms with Crippen molar-refractivity contribution in [1.82, 2.24) is 4.72 Å². The van der Waals surface area contributed by atoms with Gasteiger partial charge in [0.15, 0.2) is 0 Å². The third-order valence-electron chi connectivity index (χ3n) is 2.63. The maximum atomic E-state index is 13.0. The highest BCUT2D eigenvalue weighted by Gasteiger charge is 2.21. The summed E-state index contributed by atoms with van der Waals surface area (Å²) in [7, 11) is -3.72. The van der Waals surface area contributed by atoms with Gasteiger partial charge in [0.05, 0.1) is 11.2 Å². The highest BCUT2D eigenvalue weighted by Crippen LogP contribution is 2.23. The fourth-order valence-electron chi connectivity index (χ4n) is 1.79. The predicted octanol–water partition coefficient (Wildman–Crippen LogP) is 3.09. The molecule has 7 heteroatoms. The van der Waals surface area contributed by atoms with Crippen molar-refractivity contribution >= 4 is 26.0 Å². The molecule has 1 aromatic carbocycles. The van der Waals surface area contributed by atoms with Crippen molar-refractivity contribution in [3.8, 4) is 0 Å². The van der Waals surface area contributed by atoms with Crippen molar-refractivity contribution in [2.24, 2.45) is 0 Å². The standard InChI is InChI=1S/C13H13BrFNO3S/c1-9(7-11-3-2-6-19-11)16-20(17,18)13-5-4-10(15)8-12(13)14/h2-6,8-9,16H,7H2,1H3. The maximum absolute atomic E-state index is 13.0. The summed E-state index contributed by atoms with van der Waals surface area (Å²) in [5.74, 6) is 0.192. The molecule has 1 unspecified atom stereocenters. The van der Waals surface area contributed by atoms with Crippen LogP contribution in [0.15, 0.2) is 50.4 Å². The second kappa shape index (κ2) is 6.07. The second-order valence-electron chi connectivity index (χ2n) is 4.38. The fraction of sp³-hybridized carbons (Fsp3) is 0.231. The molecule has 1 atom stereocenters. The molecule has 0 saturated carbocycles. The topological polar surface area (TPSA) is 59.3 Å². The molecule has 0 bridgehead atoms. The molecule has 1 heterocycles. The van der Waals surface area contributed by atoms with E-state index in [1.807, 2.05) is 0 Å². The molecule has 108 valence electrons. The normalized spacial score (nSPS) is 13.3. The summed E-state index contributed by atoms with van der Waals surface area (Å²) < 4.78 is 45.3. The lowest BCUT2D eigenvalue weighted by atomic mass is 10.2. The molecule has 0 aliphatic rings. The van der Waals surface area contributed by atoms with Crippen molar-refractivity contribution in [2.75, 3.05) is 0 Å². The van der Waals surface area contributed by atoms with Gasteiger partial charge in [0.1, 0.15) is 11.6 Å². The van der Waals surface area contributed by atoms with Crippen LogP contribution in [0.4, 0.5) is 4.39 Å². The lowest BCUT2D eigenvalue weighted by molar-refractivity contribution is 0.479. The summed E-state index contributed by atoms with van der Waals surface area (Å²) in [6, 6.07) is 6.62. The summed E-state index contributed by atoms with van der Waals surface area (Å²) >= 11 is 3.06. The van der Waals surface area contributed by atoms with Crippen LogP contribution in [-0.4, -0.2) is 14.5 Å². The number of sulfonamides is 1. The number of hydrogen-bond acceptors (Lipinski definition) is 3. The van der Waals surface area contributed by atoms with Gasteiger partial charge in [0.25, 0.3) is 0 Å². The van der Waals surface area contributed by atoms with Crippen LogP contribution in [0.2, 0.25) is 0 Å². The first-order valence-electron chi connectivity index (χ1n) is 5.88. The van der Waals surface area contributed by atoms with E-state index in [4.69, 9.17) is 4.42 Å². The minimum absolute atomic E-state index is 0.00481. The van der Waals surface area contributed by atoms with E-state index in [2.05, 4.69) is 20.7 Å². The van der Waals surface area contributed by atoms with Gasteiger partial charge in [-0.25, -0.2) is 17.5 Å². The number of benzene rings is 1. The van der Waals surface area contributed by atoms with Crippen molar-refractivity contribution < 1.29 is 17.2 Å². The number of nitrogens with one attached hydrogen (secondary N) is 1. The Bertz CT molecular complexity index is 686. The number of hydrogen-bond donors (Lipinski definition) is 1. The third-order valence-corrected chi connectivity index (χ3v) is 5.19. The van der Waals surface area contributed by atoms with Gasteiger partial charge in [-0.1, -0.05) is 0 Å². The number of furan rings is 1. The molecule has 0 radical (unpaired) electrons. The molecule has 0 aliphatic heterocycles. The van der Waals surface area contributed by atoms with E-state index in [9.17, 15) is 12.8 Å². The molecule has 0 fully saturated rings. The van der Waals surface area contributed by atoms with Crippen molar-refractivity contribution in [2.45, 2.75) is 24.3 Å². The van der Waals surface area contributed by atoms with Gasteiger partial charge in [0, 0.05) is 16.9 Å². The van der Waals surface area contributed by atoms with E-state index in [0.717, 1.165) is 12.1 Å². The first-order valence-corrected chi connectivity index (χ1v) is 8.16. The van der Waals surface area contributed by atoms with Crippen LogP contribution < -0.4 is 4.72 Å². The molecule has 2 rings (SSSR count). The first kappa shape index (κ1) is 15.2. The Balaban J connectivity index is 2.14. The smallest absolute Gasteiger partial charge is 0.241 e. The van der Waals surface area contributed by atoms with E-state index in [-0.39, 0.29) is 15.4 Å². The molecular formula is C13H13BrFNO3S. The molecule has 2 aromatic rings. The van der Waals surface area contributed by atoms with E-state index < -0.39 is 15.8 Å². The Morgan fingerprint density at radius 2 is 2.15 bits per heavy atom. The van der Waals surface area contributed by atoms with Crippen LogP contribution in [0.1, 0.15) is 12.7 Å². The Morgan fingerprint density at radius 1 is 1.40 bits per heavy atom. The molecule has 1 aromatic heterocycles. The van der Waals surface area contributed by atoms with Crippen LogP contribution >= 0.6 is 15.9 Å². The molecule has 0 saturated heterocycles. The monoisotopic (exact) mass is 361 g/mol. The van der Waals surface area contributed by atoms with Crippen molar-refractivity contribution in [3.05, 3.63) is 52.6 Å². The van der Waals surface area contributed by atoms with Gasteiger partial charge in [-0.15, -0.1) is 0 Å². The van der Waals surface area contributed by atoms with Gasteiger partial charge in [-0.05, 0) is 53.2 Å². The molecule has 0 amide bonds. The largest absolute Gasteiger partial charge is 0.469 e. The summed E-state index contributed by atoms with van der Waals surface area (Å²) in [5, 5.41) is 0. The summed E-state index contributed by atoms with van der Waals surface area (Å²) in [4.78, 5) is 0.00481. The van der Waals surface area contributed by atoms with Crippen LogP contribution in [0.3, 0.4) is 0 Å². The SMILES string of the molecule is CC(Cc1ccco1)NS(=O)(=O)c1ccc(F)cc1Br. The molecular weight excluding hydrogens is 349 g/mol. The minimum Gasteiger partial charge on any atom is -0.469 e. The molecule has 0 aliphatic carbocycles. The van der Waals surface area contributed by atoms with Crippen LogP contribution in [0.5, 0.6) is 0 Å². The van der Waals surface area contributed by atoms with Gasteiger partial charge in [-0.3, -0.25) is 0 Å². The van der Waals surface area contributed by atoms with Gasteiger partial charge < -0.3 is 4.42 Å². The average molecular weight is 362 g/mol. The number of halogens is 2. The highest BCUT2D eigenvalue weighted by molar-refractivity contribution is 9.10. The lowest BCUT2D eigenvalue weighted by Gasteiger charge is -2.14. The lowest BCUT2D eigenvalue weighted by Crippen LogP contribution is -2.34. The molecule has 4 nitrogen and oxygen atoms in total. The zero-order chi connectivity index (χ0) is 14.8.